The molecule has 0 aliphatic carbocycles. The van der Waals surface area contributed by atoms with Gasteiger partial charge in [-0.1, -0.05) is 60.2 Å². The van der Waals surface area contributed by atoms with Crippen LogP contribution in [0.4, 0.5) is 0 Å². The van der Waals surface area contributed by atoms with Gasteiger partial charge in [0.15, 0.2) is 0 Å². The summed E-state index contributed by atoms with van der Waals surface area (Å²) in [6.45, 7) is 3.29. The van der Waals surface area contributed by atoms with Crippen molar-refractivity contribution in [1.29, 1.82) is 0 Å². The van der Waals surface area contributed by atoms with E-state index >= 15 is 0 Å². The number of ether oxygens (including phenoxy) is 1. The maximum Gasteiger partial charge on any atom is 0.263 e. The summed E-state index contributed by atoms with van der Waals surface area (Å²) >= 11 is 1.44. The third kappa shape index (κ3) is 4.79. The highest BCUT2D eigenvalue weighted by atomic mass is 32.1. The summed E-state index contributed by atoms with van der Waals surface area (Å²) in [5.74, 6) is -0.152. The molecule has 0 fully saturated rings. The Morgan fingerprint density at radius 1 is 1.12 bits per heavy atom. The second-order valence-corrected chi connectivity index (χ2v) is 8.52. The molecule has 32 heavy (non-hydrogen) atoms. The van der Waals surface area contributed by atoms with Crippen LogP contribution in [0, 0.1) is 6.92 Å². The molecule has 2 heterocycles. The molecule has 2 aromatic heterocycles. The Balaban J connectivity index is 1.63. The standard InChI is InChI=1S/C25H25N3O3S/c1-18-8-10-20(11-9-18)21-16-32-24-23(21)25(30)28(17-26-24)15-22(29)27(12-13-31-2)14-19-6-4-3-5-7-19/h3-11,16-17H,12-15H2,1-2H3. The first-order valence-corrected chi connectivity index (χ1v) is 11.3. The predicted octanol–water partition coefficient (Wildman–Crippen LogP) is 4.11. The first kappa shape index (κ1) is 21.9. The zero-order valence-corrected chi connectivity index (χ0v) is 19.0. The van der Waals surface area contributed by atoms with E-state index < -0.39 is 0 Å². The van der Waals surface area contributed by atoms with Crippen molar-refractivity contribution in [3.63, 3.8) is 0 Å². The lowest BCUT2D eigenvalue weighted by atomic mass is 10.1. The summed E-state index contributed by atoms with van der Waals surface area (Å²) in [7, 11) is 1.61. The molecule has 7 heteroatoms. The molecule has 0 spiro atoms. The molecule has 0 aliphatic heterocycles. The van der Waals surface area contributed by atoms with Crippen molar-refractivity contribution in [2.45, 2.75) is 20.0 Å². The number of fused-ring (bicyclic) bond motifs is 1. The second kappa shape index (κ2) is 9.89. The Hall–Kier alpha value is -3.29. The minimum atomic E-state index is -0.202. The van der Waals surface area contributed by atoms with E-state index in [2.05, 4.69) is 4.98 Å². The van der Waals surface area contributed by atoms with Gasteiger partial charge in [-0.25, -0.2) is 4.98 Å². The first-order valence-electron chi connectivity index (χ1n) is 10.4. The van der Waals surface area contributed by atoms with E-state index in [0.717, 1.165) is 22.3 Å². The Kier molecular flexibility index (Phi) is 6.78. The lowest BCUT2D eigenvalue weighted by Gasteiger charge is -2.23. The van der Waals surface area contributed by atoms with E-state index in [1.807, 2.05) is 66.9 Å². The van der Waals surface area contributed by atoms with Crippen LogP contribution in [0.5, 0.6) is 0 Å². The van der Waals surface area contributed by atoms with Gasteiger partial charge in [0.2, 0.25) is 5.91 Å². The topological polar surface area (TPSA) is 64.4 Å². The van der Waals surface area contributed by atoms with Crippen molar-refractivity contribution in [2.24, 2.45) is 0 Å². The highest BCUT2D eigenvalue weighted by molar-refractivity contribution is 7.17. The van der Waals surface area contributed by atoms with Crippen LogP contribution in [0.3, 0.4) is 0 Å². The predicted molar refractivity (Wildman–Crippen MR) is 128 cm³/mol. The smallest absolute Gasteiger partial charge is 0.263 e. The number of methoxy groups -OCH3 is 1. The van der Waals surface area contributed by atoms with E-state index in [-0.39, 0.29) is 18.0 Å². The van der Waals surface area contributed by atoms with E-state index in [9.17, 15) is 9.59 Å². The van der Waals surface area contributed by atoms with Crippen molar-refractivity contribution < 1.29 is 9.53 Å². The summed E-state index contributed by atoms with van der Waals surface area (Å²) in [5.41, 5.74) is 3.80. The maximum atomic E-state index is 13.3. The zero-order chi connectivity index (χ0) is 22.5. The van der Waals surface area contributed by atoms with Gasteiger partial charge >= 0.3 is 0 Å². The monoisotopic (exact) mass is 447 g/mol. The largest absolute Gasteiger partial charge is 0.383 e. The van der Waals surface area contributed by atoms with Crippen molar-refractivity contribution in [3.8, 4) is 11.1 Å². The minimum absolute atomic E-state index is 0.0680. The summed E-state index contributed by atoms with van der Waals surface area (Å²) in [5, 5.41) is 2.51. The van der Waals surface area contributed by atoms with E-state index in [1.165, 1.54) is 22.2 Å². The molecule has 0 radical (unpaired) electrons. The van der Waals surface area contributed by atoms with Gasteiger partial charge in [0.1, 0.15) is 11.4 Å². The van der Waals surface area contributed by atoms with Crippen LogP contribution >= 0.6 is 11.3 Å². The van der Waals surface area contributed by atoms with Crippen LogP contribution in [0.15, 0.2) is 71.1 Å². The van der Waals surface area contributed by atoms with Crippen molar-refractivity contribution in [3.05, 3.63) is 87.8 Å². The number of carbonyl (C=O) groups excluding carboxylic acids is 1. The Morgan fingerprint density at radius 3 is 2.59 bits per heavy atom. The van der Waals surface area contributed by atoms with Gasteiger partial charge in [-0.15, -0.1) is 11.3 Å². The van der Waals surface area contributed by atoms with Crippen molar-refractivity contribution in [1.82, 2.24) is 14.5 Å². The van der Waals surface area contributed by atoms with Gasteiger partial charge in [0, 0.05) is 31.1 Å². The molecule has 164 valence electrons. The SMILES string of the molecule is COCCN(Cc1ccccc1)C(=O)Cn1cnc2scc(-c3ccc(C)cc3)c2c1=O. The third-order valence-corrected chi connectivity index (χ3v) is 6.25. The molecule has 4 aromatic rings. The van der Waals surface area contributed by atoms with Crippen LogP contribution in [0.2, 0.25) is 0 Å². The Bertz CT molecular complexity index is 1260. The quantitative estimate of drug-likeness (QED) is 0.408. The van der Waals surface area contributed by atoms with Crippen molar-refractivity contribution >= 4 is 27.5 Å². The molecule has 1 amide bonds. The molecule has 0 bridgehead atoms. The van der Waals surface area contributed by atoms with Crippen LogP contribution < -0.4 is 5.56 Å². The number of carbonyl (C=O) groups is 1. The normalized spacial score (nSPS) is 11.1. The molecular formula is C25H25N3O3S. The number of hydrogen-bond donors (Lipinski definition) is 0. The third-order valence-electron chi connectivity index (χ3n) is 5.36. The Labute approximate surface area is 190 Å². The molecule has 0 saturated heterocycles. The van der Waals surface area contributed by atoms with Gasteiger partial charge < -0.3 is 9.64 Å². The molecule has 0 atom stereocenters. The van der Waals surface area contributed by atoms with Gasteiger partial charge in [0.25, 0.3) is 5.56 Å². The zero-order valence-electron chi connectivity index (χ0n) is 18.2. The fraction of sp³-hybridized carbons (Fsp3) is 0.240. The highest BCUT2D eigenvalue weighted by Crippen LogP contribution is 2.30. The molecule has 0 aliphatic rings. The maximum absolute atomic E-state index is 13.3. The molecule has 2 aromatic carbocycles. The number of rotatable bonds is 8. The van der Waals surface area contributed by atoms with Crippen LogP contribution in [-0.4, -0.2) is 40.6 Å². The number of hydrogen-bond acceptors (Lipinski definition) is 5. The van der Waals surface area contributed by atoms with Gasteiger partial charge in [-0.2, -0.15) is 0 Å². The lowest BCUT2D eigenvalue weighted by Crippen LogP contribution is -2.38. The molecule has 0 saturated carbocycles. The van der Waals surface area contributed by atoms with Crippen molar-refractivity contribution in [2.75, 3.05) is 20.3 Å². The van der Waals surface area contributed by atoms with Crippen LogP contribution in [-0.2, 0) is 22.6 Å². The summed E-state index contributed by atoms with van der Waals surface area (Å²) in [4.78, 5) is 33.3. The van der Waals surface area contributed by atoms with E-state index in [1.54, 1.807) is 12.0 Å². The average molecular weight is 448 g/mol. The van der Waals surface area contributed by atoms with E-state index in [4.69, 9.17) is 4.74 Å². The number of nitrogens with zero attached hydrogens (tertiary/aromatic N) is 3. The summed E-state index contributed by atoms with van der Waals surface area (Å²) in [6.07, 6.45) is 1.47. The molecule has 0 N–H and O–H groups in total. The second-order valence-electron chi connectivity index (χ2n) is 7.67. The lowest BCUT2D eigenvalue weighted by molar-refractivity contribution is -0.133. The van der Waals surface area contributed by atoms with Gasteiger partial charge in [0.05, 0.1) is 18.3 Å². The number of benzene rings is 2. The minimum Gasteiger partial charge on any atom is -0.383 e. The number of aromatic nitrogens is 2. The molecule has 6 nitrogen and oxygen atoms in total. The van der Waals surface area contributed by atoms with Gasteiger partial charge in [-0.3, -0.25) is 14.2 Å². The summed E-state index contributed by atoms with van der Waals surface area (Å²) in [6, 6.07) is 17.8. The van der Waals surface area contributed by atoms with Crippen LogP contribution in [0.25, 0.3) is 21.3 Å². The highest BCUT2D eigenvalue weighted by Gasteiger charge is 2.18. The Morgan fingerprint density at radius 2 is 1.88 bits per heavy atom. The number of thiophene rings is 1. The first-order chi connectivity index (χ1) is 15.6. The van der Waals surface area contributed by atoms with E-state index in [0.29, 0.717) is 29.9 Å². The fourth-order valence-electron chi connectivity index (χ4n) is 3.57. The van der Waals surface area contributed by atoms with Gasteiger partial charge in [-0.05, 0) is 18.1 Å². The average Bonchev–Trinajstić information content (AvgIpc) is 3.24. The molecule has 0 unspecified atom stereocenters. The molecular weight excluding hydrogens is 422 g/mol. The van der Waals surface area contributed by atoms with Crippen LogP contribution in [0.1, 0.15) is 11.1 Å². The molecule has 4 rings (SSSR count). The summed E-state index contributed by atoms with van der Waals surface area (Å²) < 4.78 is 6.58. The number of aryl methyl sites for hydroxylation is 1. The number of amides is 1. The fourth-order valence-corrected chi connectivity index (χ4v) is 4.48.